The largest absolute Gasteiger partial charge is 0.493 e. The maximum Gasteiger partial charge on any atom is 0.321 e. The fourth-order valence-corrected chi connectivity index (χ4v) is 4.43. The zero-order valence-electron chi connectivity index (χ0n) is 16.5. The van der Waals surface area contributed by atoms with E-state index in [4.69, 9.17) is 30.9 Å². The lowest BCUT2D eigenvalue weighted by molar-refractivity contribution is -0.138. The SMILES string of the molecule is COc1cc(C2NC(C(=O)O)CS2)cc(Cl)c1OCCOc1ccc(C)c(C)c1. The molecular formula is C21H24ClNO5S. The Hall–Kier alpha value is -2.09. The van der Waals surface area contributed by atoms with Crippen LogP contribution in [0.1, 0.15) is 22.1 Å². The first kappa shape index (κ1) is 21.6. The first-order valence-electron chi connectivity index (χ1n) is 9.19. The molecule has 1 fully saturated rings. The lowest BCUT2D eigenvalue weighted by atomic mass is 10.1. The van der Waals surface area contributed by atoms with Crippen molar-refractivity contribution < 1.29 is 24.1 Å². The van der Waals surface area contributed by atoms with E-state index in [1.54, 1.807) is 13.2 Å². The molecule has 1 aliphatic heterocycles. The van der Waals surface area contributed by atoms with Crippen LogP contribution in [0.3, 0.4) is 0 Å². The van der Waals surface area contributed by atoms with E-state index in [-0.39, 0.29) is 5.37 Å². The number of hydrogen-bond acceptors (Lipinski definition) is 6. The summed E-state index contributed by atoms with van der Waals surface area (Å²) in [6, 6.07) is 8.97. The van der Waals surface area contributed by atoms with Gasteiger partial charge in [0.25, 0.3) is 0 Å². The van der Waals surface area contributed by atoms with E-state index in [0.717, 1.165) is 11.3 Å². The molecule has 0 aliphatic carbocycles. The molecule has 6 nitrogen and oxygen atoms in total. The van der Waals surface area contributed by atoms with Crippen LogP contribution in [0.25, 0.3) is 0 Å². The van der Waals surface area contributed by atoms with Crippen molar-refractivity contribution in [3.63, 3.8) is 0 Å². The third-order valence-corrected chi connectivity index (χ3v) is 6.26. The first-order valence-corrected chi connectivity index (χ1v) is 10.6. The van der Waals surface area contributed by atoms with E-state index in [1.807, 2.05) is 31.2 Å². The number of carboxylic acids is 1. The Balaban J connectivity index is 1.62. The Morgan fingerprint density at radius 1 is 1.21 bits per heavy atom. The van der Waals surface area contributed by atoms with E-state index in [9.17, 15) is 4.79 Å². The minimum absolute atomic E-state index is 0.162. The smallest absolute Gasteiger partial charge is 0.321 e. The van der Waals surface area contributed by atoms with Gasteiger partial charge in [0, 0.05) is 5.75 Å². The maximum absolute atomic E-state index is 11.1. The summed E-state index contributed by atoms with van der Waals surface area (Å²) < 4.78 is 17.0. The number of rotatable bonds is 8. The fraction of sp³-hybridized carbons (Fsp3) is 0.381. The van der Waals surface area contributed by atoms with Crippen LogP contribution in [0.2, 0.25) is 5.02 Å². The quantitative estimate of drug-likeness (QED) is 0.599. The predicted molar refractivity (Wildman–Crippen MR) is 115 cm³/mol. The molecule has 2 unspecified atom stereocenters. The number of carbonyl (C=O) groups is 1. The molecule has 2 aromatic rings. The van der Waals surface area contributed by atoms with Crippen molar-refractivity contribution in [3.05, 3.63) is 52.0 Å². The molecule has 2 N–H and O–H groups in total. The Morgan fingerprint density at radius 2 is 1.97 bits per heavy atom. The predicted octanol–water partition coefficient (Wildman–Crippen LogP) is 4.21. The van der Waals surface area contributed by atoms with Gasteiger partial charge in [-0.05, 0) is 54.8 Å². The standard InChI is InChI=1S/C21H24ClNO5S/c1-12-4-5-15(8-13(12)2)27-6-7-28-19-16(22)9-14(10-18(19)26-3)20-23-17(11-29-20)21(24)25/h4-5,8-10,17,20,23H,6-7,11H2,1-3H3,(H,24,25). The lowest BCUT2D eigenvalue weighted by Gasteiger charge is -2.17. The summed E-state index contributed by atoms with van der Waals surface area (Å²) in [5, 5.41) is 12.5. The number of ether oxygens (including phenoxy) is 3. The van der Waals surface area contributed by atoms with Gasteiger partial charge in [-0.2, -0.15) is 0 Å². The van der Waals surface area contributed by atoms with Crippen LogP contribution in [0.15, 0.2) is 30.3 Å². The minimum atomic E-state index is -0.859. The number of methoxy groups -OCH3 is 1. The van der Waals surface area contributed by atoms with Crippen molar-refractivity contribution >= 4 is 29.3 Å². The Morgan fingerprint density at radius 3 is 2.62 bits per heavy atom. The number of aryl methyl sites for hydroxylation is 2. The summed E-state index contributed by atoms with van der Waals surface area (Å²) in [4.78, 5) is 11.1. The molecule has 2 atom stereocenters. The fourth-order valence-electron chi connectivity index (χ4n) is 2.94. The van der Waals surface area contributed by atoms with E-state index in [1.165, 1.54) is 22.9 Å². The van der Waals surface area contributed by atoms with Gasteiger partial charge in [0.2, 0.25) is 0 Å². The summed E-state index contributed by atoms with van der Waals surface area (Å²) in [6.45, 7) is 4.77. The van der Waals surface area contributed by atoms with E-state index >= 15 is 0 Å². The average Bonchev–Trinajstić information content (AvgIpc) is 3.19. The zero-order chi connectivity index (χ0) is 21.0. The summed E-state index contributed by atoms with van der Waals surface area (Å²) >= 11 is 7.95. The number of nitrogens with one attached hydrogen (secondary N) is 1. The molecule has 0 amide bonds. The highest BCUT2D eigenvalue weighted by molar-refractivity contribution is 7.99. The van der Waals surface area contributed by atoms with Crippen LogP contribution < -0.4 is 19.5 Å². The molecule has 0 spiro atoms. The van der Waals surface area contributed by atoms with Gasteiger partial charge in [-0.15, -0.1) is 11.8 Å². The highest BCUT2D eigenvalue weighted by atomic mass is 35.5. The van der Waals surface area contributed by atoms with E-state index in [2.05, 4.69) is 12.2 Å². The molecule has 0 radical (unpaired) electrons. The monoisotopic (exact) mass is 437 g/mol. The van der Waals surface area contributed by atoms with Crippen LogP contribution in [0, 0.1) is 13.8 Å². The second-order valence-corrected chi connectivity index (χ2v) is 8.29. The van der Waals surface area contributed by atoms with Gasteiger partial charge in [0.15, 0.2) is 11.5 Å². The van der Waals surface area contributed by atoms with Gasteiger partial charge >= 0.3 is 5.97 Å². The van der Waals surface area contributed by atoms with Crippen LogP contribution in [-0.2, 0) is 4.79 Å². The summed E-state index contributed by atoms with van der Waals surface area (Å²) in [7, 11) is 1.54. The second-order valence-electron chi connectivity index (χ2n) is 6.75. The Kier molecular flexibility index (Phi) is 7.16. The molecule has 1 heterocycles. The molecule has 1 aliphatic rings. The Labute approximate surface area is 179 Å². The summed E-state index contributed by atoms with van der Waals surface area (Å²) in [6.07, 6.45) is 0. The van der Waals surface area contributed by atoms with Crippen LogP contribution in [0.5, 0.6) is 17.2 Å². The third-order valence-electron chi connectivity index (χ3n) is 4.71. The highest BCUT2D eigenvalue weighted by Gasteiger charge is 2.31. The number of hydrogen-bond donors (Lipinski definition) is 2. The second kappa shape index (κ2) is 9.61. The molecule has 29 heavy (non-hydrogen) atoms. The van der Waals surface area contributed by atoms with Crippen molar-refractivity contribution in [1.29, 1.82) is 0 Å². The van der Waals surface area contributed by atoms with E-state index in [0.29, 0.717) is 35.5 Å². The third kappa shape index (κ3) is 5.29. The minimum Gasteiger partial charge on any atom is -0.493 e. The molecule has 2 aromatic carbocycles. The molecule has 8 heteroatoms. The van der Waals surface area contributed by atoms with Crippen molar-refractivity contribution in [1.82, 2.24) is 5.32 Å². The van der Waals surface area contributed by atoms with Gasteiger partial charge in [0.05, 0.1) is 17.5 Å². The van der Waals surface area contributed by atoms with Crippen molar-refractivity contribution in [2.75, 3.05) is 26.1 Å². The summed E-state index contributed by atoms with van der Waals surface area (Å²) in [5.74, 6) is 1.37. The van der Waals surface area contributed by atoms with Crippen LogP contribution in [0.4, 0.5) is 0 Å². The maximum atomic E-state index is 11.1. The molecule has 0 bridgehead atoms. The molecule has 156 valence electrons. The summed E-state index contributed by atoms with van der Waals surface area (Å²) in [5.41, 5.74) is 3.24. The number of benzene rings is 2. The van der Waals surface area contributed by atoms with Gasteiger partial charge in [0.1, 0.15) is 25.0 Å². The lowest BCUT2D eigenvalue weighted by Crippen LogP contribution is -2.33. The van der Waals surface area contributed by atoms with Gasteiger partial charge in [-0.25, -0.2) is 0 Å². The number of aliphatic carboxylic acids is 1. The average molecular weight is 438 g/mol. The first-order chi connectivity index (χ1) is 13.9. The molecule has 0 saturated carbocycles. The topological polar surface area (TPSA) is 77.0 Å². The molecule has 3 rings (SSSR count). The molecule has 1 saturated heterocycles. The van der Waals surface area contributed by atoms with Crippen LogP contribution >= 0.6 is 23.4 Å². The van der Waals surface area contributed by atoms with Crippen molar-refractivity contribution in [2.45, 2.75) is 25.3 Å². The normalized spacial score (nSPS) is 18.5. The van der Waals surface area contributed by atoms with Crippen LogP contribution in [-0.4, -0.2) is 43.2 Å². The Bertz CT molecular complexity index is 892. The number of thioether (sulfide) groups is 1. The number of carboxylic acid groups (broad SMARTS) is 1. The van der Waals surface area contributed by atoms with E-state index < -0.39 is 12.0 Å². The molecular weight excluding hydrogens is 414 g/mol. The number of halogens is 1. The molecule has 0 aromatic heterocycles. The van der Waals surface area contributed by atoms with Gasteiger partial charge < -0.3 is 19.3 Å². The van der Waals surface area contributed by atoms with Crippen molar-refractivity contribution in [3.8, 4) is 17.2 Å². The van der Waals surface area contributed by atoms with Gasteiger partial charge in [-0.3, -0.25) is 10.1 Å². The zero-order valence-corrected chi connectivity index (χ0v) is 18.1. The van der Waals surface area contributed by atoms with Gasteiger partial charge in [-0.1, -0.05) is 17.7 Å². The highest BCUT2D eigenvalue weighted by Crippen LogP contribution is 2.41. The van der Waals surface area contributed by atoms with Crippen molar-refractivity contribution in [2.24, 2.45) is 0 Å².